The van der Waals surface area contributed by atoms with Gasteiger partial charge in [0.05, 0.1) is 44.0 Å². The zero-order valence-corrected chi connectivity index (χ0v) is 16.0. The summed E-state index contributed by atoms with van der Waals surface area (Å²) < 4.78 is 57.2. The summed E-state index contributed by atoms with van der Waals surface area (Å²) in [5.74, 6) is -1.05. The third kappa shape index (κ3) is 4.36. The summed E-state index contributed by atoms with van der Waals surface area (Å²) in [5, 5.41) is 6.07. The number of benzene rings is 1. The first-order valence-corrected chi connectivity index (χ1v) is 9.74. The van der Waals surface area contributed by atoms with Crippen molar-refractivity contribution in [2.45, 2.75) is 37.4 Å². The average Bonchev–Trinajstić information content (AvgIpc) is 2.66. The number of halogens is 4. The predicted molar refractivity (Wildman–Crippen MR) is 96.9 cm³/mol. The molecule has 3 fully saturated rings. The van der Waals surface area contributed by atoms with Crippen LogP contribution in [-0.2, 0) is 22.3 Å². The summed E-state index contributed by atoms with van der Waals surface area (Å²) in [4.78, 5) is 27.5. The number of piperidine rings is 1. The molecule has 0 aromatic heterocycles. The summed E-state index contributed by atoms with van der Waals surface area (Å²) >= 11 is 0. The lowest BCUT2D eigenvalue weighted by molar-refractivity contribution is -0.137. The number of hydrogen-bond acceptors (Lipinski definition) is 4. The minimum atomic E-state index is -4.60. The van der Waals surface area contributed by atoms with Crippen molar-refractivity contribution >= 4 is 11.9 Å². The van der Waals surface area contributed by atoms with Gasteiger partial charge in [-0.3, -0.25) is 4.79 Å². The molecule has 1 aromatic carbocycles. The van der Waals surface area contributed by atoms with Gasteiger partial charge in [0.1, 0.15) is 5.82 Å². The number of carbonyl (C=O) groups is 2. The Morgan fingerprint density at radius 3 is 2.63 bits per heavy atom. The molecule has 7 nitrogen and oxygen atoms in total. The van der Waals surface area contributed by atoms with E-state index in [2.05, 4.69) is 10.6 Å². The number of fused-ring (bicyclic) bond motifs is 1. The number of alkyl halides is 3. The van der Waals surface area contributed by atoms with E-state index in [1.54, 1.807) is 9.80 Å². The van der Waals surface area contributed by atoms with E-state index in [0.29, 0.717) is 38.8 Å². The molecule has 2 atom stereocenters. The van der Waals surface area contributed by atoms with Crippen molar-refractivity contribution in [1.82, 2.24) is 20.4 Å². The first kappa shape index (κ1) is 20.9. The zero-order valence-electron chi connectivity index (χ0n) is 16.0. The number of urea groups is 1. The van der Waals surface area contributed by atoms with E-state index >= 15 is 0 Å². The monoisotopic (exact) mass is 430 g/mol. The SMILES string of the molecule is O=C1CNC2CCN(C(=O)N3CC(OCc4ccc(C(F)(F)F)cc4F)C3)CC2N1. The molecule has 11 heteroatoms. The first-order chi connectivity index (χ1) is 14.2. The Labute approximate surface area is 170 Å². The molecule has 0 aliphatic carbocycles. The van der Waals surface area contributed by atoms with Crippen LogP contribution in [0.1, 0.15) is 17.5 Å². The van der Waals surface area contributed by atoms with Gasteiger partial charge in [-0.2, -0.15) is 13.2 Å². The van der Waals surface area contributed by atoms with Crippen LogP contribution in [-0.4, -0.2) is 72.6 Å². The number of hydrogen-bond donors (Lipinski definition) is 2. The van der Waals surface area contributed by atoms with Gasteiger partial charge >= 0.3 is 12.2 Å². The van der Waals surface area contributed by atoms with Crippen LogP contribution in [0.15, 0.2) is 18.2 Å². The number of amides is 3. The highest BCUT2D eigenvalue weighted by Gasteiger charge is 2.39. The van der Waals surface area contributed by atoms with E-state index in [1.165, 1.54) is 0 Å². The number of nitrogens with one attached hydrogen (secondary N) is 2. The quantitative estimate of drug-likeness (QED) is 0.710. The smallest absolute Gasteiger partial charge is 0.370 e. The van der Waals surface area contributed by atoms with Gasteiger partial charge in [-0.15, -0.1) is 0 Å². The Balaban J connectivity index is 1.23. The van der Waals surface area contributed by atoms with E-state index in [-0.39, 0.29) is 42.3 Å². The molecule has 0 radical (unpaired) electrons. The molecule has 0 bridgehead atoms. The maximum atomic E-state index is 13.9. The van der Waals surface area contributed by atoms with Gasteiger partial charge in [-0.1, -0.05) is 6.07 Å². The van der Waals surface area contributed by atoms with E-state index in [0.717, 1.165) is 18.6 Å². The van der Waals surface area contributed by atoms with Crippen molar-refractivity contribution in [2.75, 3.05) is 32.7 Å². The maximum absolute atomic E-state index is 13.9. The molecule has 2 unspecified atom stereocenters. The Bertz CT molecular complexity index is 828. The average molecular weight is 430 g/mol. The lowest BCUT2D eigenvalue weighted by Crippen LogP contribution is -2.68. The fraction of sp³-hybridized carbons (Fsp3) is 0.579. The number of rotatable bonds is 3. The number of likely N-dealkylation sites (tertiary alicyclic amines) is 2. The third-order valence-corrected chi connectivity index (χ3v) is 5.73. The van der Waals surface area contributed by atoms with Crippen LogP contribution in [0.4, 0.5) is 22.4 Å². The van der Waals surface area contributed by atoms with Crippen molar-refractivity contribution in [1.29, 1.82) is 0 Å². The normalized spacial score (nSPS) is 24.9. The van der Waals surface area contributed by atoms with Gasteiger partial charge in [0.2, 0.25) is 5.91 Å². The lowest BCUT2D eigenvalue weighted by Gasteiger charge is -2.46. The van der Waals surface area contributed by atoms with Crippen molar-refractivity contribution < 1.29 is 31.9 Å². The predicted octanol–water partition coefficient (Wildman–Crippen LogP) is 1.33. The molecule has 1 aromatic rings. The summed E-state index contributed by atoms with van der Waals surface area (Å²) in [6.45, 7) is 1.80. The Kier molecular flexibility index (Phi) is 5.58. The van der Waals surface area contributed by atoms with Crippen LogP contribution in [0.25, 0.3) is 0 Å². The van der Waals surface area contributed by atoms with Crippen molar-refractivity contribution in [3.8, 4) is 0 Å². The van der Waals surface area contributed by atoms with Crippen LogP contribution < -0.4 is 10.6 Å². The molecule has 4 rings (SSSR count). The number of piperazine rings is 1. The number of nitrogens with zero attached hydrogens (tertiary/aromatic N) is 2. The molecule has 3 aliphatic heterocycles. The molecule has 3 heterocycles. The van der Waals surface area contributed by atoms with Gasteiger partial charge in [0.25, 0.3) is 0 Å². The molecular formula is C19H22F4N4O3. The van der Waals surface area contributed by atoms with E-state index in [4.69, 9.17) is 4.74 Å². The fourth-order valence-corrected chi connectivity index (χ4v) is 3.95. The second-order valence-electron chi connectivity index (χ2n) is 7.82. The molecule has 2 N–H and O–H groups in total. The molecule has 0 saturated carbocycles. The minimum Gasteiger partial charge on any atom is -0.370 e. The van der Waals surface area contributed by atoms with E-state index in [1.807, 2.05) is 0 Å². The molecule has 3 saturated heterocycles. The zero-order chi connectivity index (χ0) is 21.5. The number of ether oxygens (including phenoxy) is 1. The van der Waals surface area contributed by atoms with E-state index < -0.39 is 17.6 Å². The van der Waals surface area contributed by atoms with Gasteiger partial charge in [0, 0.05) is 24.7 Å². The molecular weight excluding hydrogens is 408 g/mol. The van der Waals surface area contributed by atoms with Crippen LogP contribution in [0, 0.1) is 5.82 Å². The van der Waals surface area contributed by atoms with Gasteiger partial charge in [0.15, 0.2) is 0 Å². The van der Waals surface area contributed by atoms with Gasteiger partial charge in [-0.25, -0.2) is 9.18 Å². The molecule has 0 spiro atoms. The first-order valence-electron chi connectivity index (χ1n) is 9.74. The third-order valence-electron chi connectivity index (χ3n) is 5.73. The largest absolute Gasteiger partial charge is 0.416 e. The highest BCUT2D eigenvalue weighted by molar-refractivity contribution is 5.80. The summed E-state index contributed by atoms with van der Waals surface area (Å²) in [6.07, 6.45) is -4.15. The maximum Gasteiger partial charge on any atom is 0.416 e. The second kappa shape index (κ2) is 8.03. The molecule has 3 aliphatic rings. The summed E-state index contributed by atoms with van der Waals surface area (Å²) in [7, 11) is 0. The van der Waals surface area contributed by atoms with E-state index in [9.17, 15) is 27.2 Å². The minimum absolute atomic E-state index is 0.0374. The molecule has 164 valence electrons. The number of carbonyl (C=O) groups excluding carboxylic acids is 2. The fourth-order valence-electron chi connectivity index (χ4n) is 3.95. The standard InChI is InChI=1S/C19H22F4N4O3/c20-14-5-12(19(21,22)23)2-1-11(14)10-30-13-7-27(8-13)18(29)26-4-3-15-16(9-26)25-17(28)6-24-15/h1-2,5,13,15-16,24H,3-4,6-10H2,(H,25,28). The Hall–Kier alpha value is -2.40. The molecule has 3 amide bonds. The van der Waals surface area contributed by atoms with Crippen LogP contribution in [0.2, 0.25) is 0 Å². The van der Waals surface area contributed by atoms with Crippen molar-refractivity contribution in [3.63, 3.8) is 0 Å². The van der Waals surface area contributed by atoms with Gasteiger partial charge < -0.3 is 25.2 Å². The van der Waals surface area contributed by atoms with Crippen LogP contribution in [0.5, 0.6) is 0 Å². The van der Waals surface area contributed by atoms with Crippen molar-refractivity contribution in [2.24, 2.45) is 0 Å². The van der Waals surface area contributed by atoms with Crippen LogP contribution >= 0.6 is 0 Å². The van der Waals surface area contributed by atoms with Crippen molar-refractivity contribution in [3.05, 3.63) is 35.1 Å². The Morgan fingerprint density at radius 2 is 1.93 bits per heavy atom. The topological polar surface area (TPSA) is 73.9 Å². The molecule has 30 heavy (non-hydrogen) atoms. The van der Waals surface area contributed by atoms with Gasteiger partial charge in [-0.05, 0) is 18.6 Å². The highest BCUT2D eigenvalue weighted by atomic mass is 19.4. The Morgan fingerprint density at radius 1 is 1.17 bits per heavy atom. The lowest BCUT2D eigenvalue weighted by atomic mass is 9.97. The highest BCUT2D eigenvalue weighted by Crippen LogP contribution is 2.30. The van der Waals surface area contributed by atoms with Crippen LogP contribution in [0.3, 0.4) is 0 Å². The second-order valence-corrected chi connectivity index (χ2v) is 7.82. The summed E-state index contributed by atoms with van der Waals surface area (Å²) in [5.41, 5.74) is -1.01. The summed E-state index contributed by atoms with van der Waals surface area (Å²) in [6, 6.07) is 2.25.